The molecule has 7 nitrogen and oxygen atoms in total. The first kappa shape index (κ1) is 8.63. The lowest BCUT2D eigenvalue weighted by atomic mass is 11.0. The third kappa shape index (κ3) is 4.78. The number of nitrogens with two attached hydrogens (primary N) is 1. The van der Waals surface area contributed by atoms with E-state index in [1.54, 1.807) is 0 Å². The Morgan fingerprint density at radius 1 is 2.00 bits per heavy atom. The Balaban J connectivity index is 3.60. The first-order valence-corrected chi connectivity index (χ1v) is 2.38. The van der Waals surface area contributed by atoms with Crippen molar-refractivity contribution in [2.75, 3.05) is 13.8 Å². The Hall–Kier alpha value is -1.37. The zero-order valence-electron chi connectivity index (χ0n) is 5.40. The summed E-state index contributed by atoms with van der Waals surface area (Å²) in [5.41, 5.74) is 4.98. The second kappa shape index (κ2) is 4.50. The largest absolute Gasteiger partial charge is 0.365 e. The van der Waals surface area contributed by atoms with Crippen molar-refractivity contribution in [1.82, 2.24) is 5.32 Å². The summed E-state index contributed by atoms with van der Waals surface area (Å²) in [6, 6.07) is 0. The highest BCUT2D eigenvalue weighted by Crippen LogP contribution is 1.68. The molecule has 3 N–H and O–H groups in total. The van der Waals surface area contributed by atoms with Gasteiger partial charge in [-0.2, -0.15) is 0 Å². The smallest absolute Gasteiger partial charge is 0.267 e. The summed E-state index contributed by atoms with van der Waals surface area (Å²) in [6.45, 7) is 0.100. The fourth-order valence-electron chi connectivity index (χ4n) is 0.269. The molecule has 0 saturated carbocycles. The van der Waals surface area contributed by atoms with Crippen LogP contribution in [-0.2, 0) is 4.74 Å². The van der Waals surface area contributed by atoms with Gasteiger partial charge in [0.2, 0.25) is 0 Å². The minimum absolute atomic E-state index is 0.100. The van der Waals surface area contributed by atoms with Crippen LogP contribution >= 0.6 is 0 Å². The van der Waals surface area contributed by atoms with Crippen molar-refractivity contribution in [2.45, 2.75) is 0 Å². The maximum absolute atomic E-state index is 9.63. The summed E-state index contributed by atoms with van der Waals surface area (Å²) in [5.74, 6) is -0.271. The maximum atomic E-state index is 9.63. The molecule has 0 aliphatic rings. The van der Waals surface area contributed by atoms with E-state index < -0.39 is 5.03 Å². The van der Waals surface area contributed by atoms with Gasteiger partial charge in [0.1, 0.15) is 11.8 Å². The molecule has 0 aliphatic heterocycles. The summed E-state index contributed by atoms with van der Waals surface area (Å²) in [5, 5.41) is 13.8. The van der Waals surface area contributed by atoms with E-state index in [-0.39, 0.29) is 12.7 Å². The van der Waals surface area contributed by atoms with E-state index in [1.165, 1.54) is 7.11 Å². The molecule has 10 heavy (non-hydrogen) atoms. The molecule has 0 aromatic rings. The zero-order chi connectivity index (χ0) is 7.98. The summed E-state index contributed by atoms with van der Waals surface area (Å²) < 4.78 is 4.50. The first-order chi connectivity index (χ1) is 4.66. The van der Waals surface area contributed by atoms with E-state index in [4.69, 9.17) is 5.73 Å². The van der Waals surface area contributed by atoms with Crippen molar-refractivity contribution in [2.24, 2.45) is 10.8 Å². The van der Waals surface area contributed by atoms with Gasteiger partial charge >= 0.3 is 0 Å². The fraction of sp³-hybridized carbons (Fsp3) is 0.667. The third-order valence-corrected chi connectivity index (χ3v) is 0.587. The SMILES string of the molecule is COCNC(N)=N[N+](=O)[O-]. The second-order valence-electron chi connectivity index (χ2n) is 1.33. The highest BCUT2D eigenvalue weighted by atomic mass is 16.7. The van der Waals surface area contributed by atoms with Crippen LogP contribution in [-0.4, -0.2) is 24.8 Å². The average molecular weight is 148 g/mol. The molecule has 0 atom stereocenters. The highest BCUT2D eigenvalue weighted by molar-refractivity contribution is 5.76. The van der Waals surface area contributed by atoms with E-state index in [0.717, 1.165) is 0 Å². The van der Waals surface area contributed by atoms with E-state index >= 15 is 0 Å². The van der Waals surface area contributed by atoms with Gasteiger partial charge in [-0.25, -0.2) is 10.1 Å². The molecule has 0 fully saturated rings. The normalized spacial score (nSPS) is 11.1. The van der Waals surface area contributed by atoms with E-state index in [9.17, 15) is 10.1 Å². The number of hydrazone groups is 1. The lowest BCUT2D eigenvalue weighted by molar-refractivity contribution is -0.485. The van der Waals surface area contributed by atoms with Gasteiger partial charge in [0.15, 0.2) is 5.03 Å². The molecule has 0 unspecified atom stereocenters. The number of rotatable bonds is 3. The van der Waals surface area contributed by atoms with Crippen molar-refractivity contribution in [3.63, 3.8) is 0 Å². The minimum Gasteiger partial charge on any atom is -0.365 e. The zero-order valence-corrected chi connectivity index (χ0v) is 5.40. The molecule has 0 amide bonds. The minimum atomic E-state index is -0.891. The maximum Gasteiger partial charge on any atom is 0.267 e. The van der Waals surface area contributed by atoms with Crippen LogP contribution in [0.25, 0.3) is 0 Å². The lowest BCUT2D eigenvalue weighted by Gasteiger charge is -1.97. The van der Waals surface area contributed by atoms with Gasteiger partial charge in [0.25, 0.3) is 5.96 Å². The van der Waals surface area contributed by atoms with Crippen molar-refractivity contribution in [1.29, 1.82) is 0 Å². The van der Waals surface area contributed by atoms with Crippen molar-refractivity contribution < 1.29 is 9.77 Å². The van der Waals surface area contributed by atoms with Gasteiger partial charge in [-0.1, -0.05) is 0 Å². The van der Waals surface area contributed by atoms with Gasteiger partial charge in [0, 0.05) is 7.11 Å². The van der Waals surface area contributed by atoms with Gasteiger partial charge in [-0.3, -0.25) is 0 Å². The van der Waals surface area contributed by atoms with Gasteiger partial charge in [-0.05, 0) is 0 Å². The molecule has 0 heterocycles. The molecule has 7 heteroatoms. The van der Waals surface area contributed by atoms with Crippen LogP contribution in [0.2, 0.25) is 0 Å². The van der Waals surface area contributed by atoms with Crippen LogP contribution in [0, 0.1) is 10.1 Å². The average Bonchev–Trinajstić information content (AvgIpc) is 1.82. The highest BCUT2D eigenvalue weighted by Gasteiger charge is 1.94. The number of hydrogen-bond donors (Lipinski definition) is 2. The Kier molecular flexibility index (Phi) is 3.89. The number of nitrogens with zero attached hydrogens (tertiary/aromatic N) is 2. The summed E-state index contributed by atoms with van der Waals surface area (Å²) in [4.78, 5) is 9.63. The van der Waals surface area contributed by atoms with Crippen LogP contribution in [0.1, 0.15) is 0 Å². The van der Waals surface area contributed by atoms with E-state index in [1.807, 2.05) is 0 Å². The van der Waals surface area contributed by atoms with Gasteiger partial charge < -0.3 is 15.8 Å². The molecular formula is C3H8N4O3. The van der Waals surface area contributed by atoms with Gasteiger partial charge in [0.05, 0.1) is 0 Å². The summed E-state index contributed by atoms with van der Waals surface area (Å²) in [6.07, 6.45) is 0. The van der Waals surface area contributed by atoms with Crippen molar-refractivity contribution >= 4 is 5.96 Å². The molecule has 0 rings (SSSR count). The van der Waals surface area contributed by atoms with Crippen LogP contribution in [0.3, 0.4) is 0 Å². The Morgan fingerprint density at radius 2 is 2.60 bits per heavy atom. The number of methoxy groups -OCH3 is 1. The molecule has 0 bridgehead atoms. The number of guanidine groups is 1. The molecule has 0 radical (unpaired) electrons. The molecule has 0 saturated heterocycles. The second-order valence-corrected chi connectivity index (χ2v) is 1.33. The molecular weight excluding hydrogens is 140 g/mol. The predicted molar refractivity (Wildman–Crippen MR) is 33.6 cm³/mol. The van der Waals surface area contributed by atoms with Crippen LogP contribution < -0.4 is 11.1 Å². The summed E-state index contributed by atoms with van der Waals surface area (Å²) in [7, 11) is 1.42. The first-order valence-electron chi connectivity index (χ1n) is 2.38. The Labute approximate surface area is 57.0 Å². The van der Waals surface area contributed by atoms with Crippen LogP contribution in [0.4, 0.5) is 0 Å². The Morgan fingerprint density at radius 3 is 3.00 bits per heavy atom. The molecule has 0 spiro atoms. The molecule has 58 valence electrons. The lowest BCUT2D eigenvalue weighted by Crippen LogP contribution is -2.33. The third-order valence-electron chi connectivity index (χ3n) is 0.587. The van der Waals surface area contributed by atoms with Crippen LogP contribution in [0.5, 0.6) is 0 Å². The van der Waals surface area contributed by atoms with Gasteiger partial charge in [-0.15, -0.1) is 0 Å². The molecule has 0 aromatic carbocycles. The number of ether oxygens (including phenoxy) is 1. The fourth-order valence-corrected chi connectivity index (χ4v) is 0.269. The predicted octanol–water partition coefficient (Wildman–Crippen LogP) is -1.31. The number of nitrogens with one attached hydrogen (secondary N) is 1. The molecule has 0 aliphatic carbocycles. The van der Waals surface area contributed by atoms with E-state index in [2.05, 4.69) is 15.2 Å². The van der Waals surface area contributed by atoms with E-state index in [0.29, 0.717) is 0 Å². The Bertz CT molecular complexity index is 145. The monoisotopic (exact) mass is 148 g/mol. The summed E-state index contributed by atoms with van der Waals surface area (Å²) >= 11 is 0. The number of nitro groups is 1. The molecule has 0 aromatic heterocycles. The van der Waals surface area contributed by atoms with Crippen molar-refractivity contribution in [3.05, 3.63) is 10.1 Å². The van der Waals surface area contributed by atoms with Crippen molar-refractivity contribution in [3.8, 4) is 0 Å². The van der Waals surface area contributed by atoms with Crippen LogP contribution in [0.15, 0.2) is 5.10 Å². The number of hydrogen-bond acceptors (Lipinski definition) is 3. The standard InChI is InChI=1S/C3H8N4O3/c1-10-2-5-3(4)6-7(8)9/h2H2,1H3,(H3,4,5,6). The topological polar surface area (TPSA) is 103 Å². The quantitative estimate of drug-likeness (QED) is 0.170.